The van der Waals surface area contributed by atoms with E-state index in [1.165, 1.54) is 19.2 Å². The molecule has 0 saturated heterocycles. The average Bonchev–Trinajstić information content (AvgIpc) is 2.90. The van der Waals surface area contributed by atoms with Crippen LogP contribution >= 0.6 is 0 Å². The van der Waals surface area contributed by atoms with Gasteiger partial charge in [-0.2, -0.15) is 0 Å². The van der Waals surface area contributed by atoms with Gasteiger partial charge in [-0.05, 0) is 23.8 Å². The molecule has 0 aliphatic carbocycles. The number of methoxy groups -OCH3 is 1. The summed E-state index contributed by atoms with van der Waals surface area (Å²) in [6.45, 7) is 0. The van der Waals surface area contributed by atoms with Crippen LogP contribution in [-0.2, 0) is 6.42 Å². The molecule has 0 amide bonds. The van der Waals surface area contributed by atoms with Crippen LogP contribution in [-0.4, -0.2) is 18.9 Å². The number of carbonyl (C=O) groups excluding carboxylic acids is 1. The zero-order chi connectivity index (χ0) is 14.1. The maximum absolute atomic E-state index is 13.9. The van der Waals surface area contributed by atoms with Gasteiger partial charge in [-0.15, -0.1) is 0 Å². The summed E-state index contributed by atoms with van der Waals surface area (Å²) in [4.78, 5) is 12.4. The summed E-state index contributed by atoms with van der Waals surface area (Å²) in [7, 11) is 1.46. The maximum atomic E-state index is 13.9. The third-order valence-electron chi connectivity index (χ3n) is 3.53. The van der Waals surface area contributed by atoms with Crippen molar-refractivity contribution in [3.05, 3.63) is 59.4 Å². The van der Waals surface area contributed by atoms with Crippen LogP contribution in [0.15, 0.2) is 42.5 Å². The van der Waals surface area contributed by atoms with E-state index in [0.29, 0.717) is 12.2 Å². The number of rotatable bonds is 3. The second kappa shape index (κ2) is 4.96. The molecule has 0 saturated carbocycles. The second-order valence-electron chi connectivity index (χ2n) is 4.77. The normalized spacial score (nSPS) is 16.4. The fourth-order valence-electron chi connectivity index (χ4n) is 2.47. The van der Waals surface area contributed by atoms with Gasteiger partial charge in [-0.1, -0.05) is 18.2 Å². The second-order valence-corrected chi connectivity index (χ2v) is 4.77. The summed E-state index contributed by atoms with van der Waals surface area (Å²) >= 11 is 0. The number of ether oxygens (including phenoxy) is 1. The molecule has 1 heterocycles. The van der Waals surface area contributed by atoms with Crippen molar-refractivity contribution in [2.45, 2.75) is 12.5 Å². The van der Waals surface area contributed by atoms with E-state index in [1.807, 2.05) is 24.3 Å². The molecule has 1 atom stereocenters. The summed E-state index contributed by atoms with van der Waals surface area (Å²) in [5.41, 5.74) is 2.12. The fourth-order valence-corrected chi connectivity index (χ4v) is 2.47. The Labute approximate surface area is 116 Å². The molecule has 1 unspecified atom stereocenters. The summed E-state index contributed by atoms with van der Waals surface area (Å²) in [6, 6.07) is 11.6. The van der Waals surface area contributed by atoms with E-state index in [9.17, 15) is 9.18 Å². The van der Waals surface area contributed by atoms with Crippen molar-refractivity contribution in [2.75, 3.05) is 12.4 Å². The zero-order valence-corrected chi connectivity index (χ0v) is 11.0. The highest BCUT2D eigenvalue weighted by Gasteiger charge is 2.28. The van der Waals surface area contributed by atoms with E-state index in [0.717, 1.165) is 11.3 Å². The van der Waals surface area contributed by atoms with Crippen LogP contribution in [0.3, 0.4) is 0 Å². The number of Topliss-reactive ketones (excluding diaryl/α,β-unsaturated/α-hetero) is 1. The molecule has 20 heavy (non-hydrogen) atoms. The minimum atomic E-state index is -0.549. The third kappa shape index (κ3) is 2.13. The molecule has 2 aromatic carbocycles. The van der Waals surface area contributed by atoms with Crippen molar-refractivity contribution >= 4 is 11.5 Å². The Morgan fingerprint density at radius 3 is 2.80 bits per heavy atom. The number of halogens is 1. The molecule has 102 valence electrons. The van der Waals surface area contributed by atoms with Crippen molar-refractivity contribution in [1.29, 1.82) is 0 Å². The highest BCUT2D eigenvalue weighted by Crippen LogP contribution is 2.28. The molecule has 1 N–H and O–H groups in total. The van der Waals surface area contributed by atoms with Gasteiger partial charge < -0.3 is 10.1 Å². The minimum absolute atomic E-state index is 0.0936. The van der Waals surface area contributed by atoms with E-state index in [1.54, 1.807) is 6.07 Å². The van der Waals surface area contributed by atoms with Gasteiger partial charge in [0.2, 0.25) is 0 Å². The van der Waals surface area contributed by atoms with E-state index in [4.69, 9.17) is 4.74 Å². The molecule has 1 aliphatic heterocycles. The predicted octanol–water partition coefficient (Wildman–Crippen LogP) is 3.05. The fraction of sp³-hybridized carbons (Fsp3) is 0.188. The molecular formula is C16H14FNO2. The average molecular weight is 271 g/mol. The van der Waals surface area contributed by atoms with Crippen LogP contribution in [0.4, 0.5) is 10.1 Å². The molecule has 0 spiro atoms. The summed E-state index contributed by atoms with van der Waals surface area (Å²) in [5.74, 6) is -0.379. The molecule has 3 rings (SSSR count). The predicted molar refractivity (Wildman–Crippen MR) is 74.8 cm³/mol. The number of fused-ring (bicyclic) bond motifs is 1. The third-order valence-corrected chi connectivity index (χ3v) is 3.53. The van der Waals surface area contributed by atoms with E-state index in [2.05, 4.69) is 5.32 Å². The minimum Gasteiger partial charge on any atom is -0.497 e. The Morgan fingerprint density at radius 1 is 1.30 bits per heavy atom. The largest absolute Gasteiger partial charge is 0.497 e. The number of hydrogen-bond donors (Lipinski definition) is 1. The topological polar surface area (TPSA) is 38.3 Å². The van der Waals surface area contributed by atoms with Gasteiger partial charge in [-0.3, -0.25) is 4.79 Å². The molecular weight excluding hydrogens is 257 g/mol. The highest BCUT2D eigenvalue weighted by molar-refractivity contribution is 6.03. The molecule has 4 heteroatoms. The van der Waals surface area contributed by atoms with Crippen LogP contribution in [0.25, 0.3) is 0 Å². The lowest BCUT2D eigenvalue weighted by Gasteiger charge is -2.11. The van der Waals surface area contributed by atoms with Gasteiger partial charge in [0.15, 0.2) is 5.78 Å². The van der Waals surface area contributed by atoms with E-state index < -0.39 is 11.9 Å². The number of anilines is 1. The number of hydrogen-bond acceptors (Lipinski definition) is 3. The van der Waals surface area contributed by atoms with Crippen LogP contribution in [0.1, 0.15) is 15.9 Å². The van der Waals surface area contributed by atoms with Gasteiger partial charge >= 0.3 is 0 Å². The van der Waals surface area contributed by atoms with Gasteiger partial charge in [0.1, 0.15) is 11.6 Å². The lowest BCUT2D eigenvalue weighted by atomic mass is 10.0. The Kier molecular flexibility index (Phi) is 3.14. The summed E-state index contributed by atoms with van der Waals surface area (Å²) in [6.07, 6.45) is 0.584. The quantitative estimate of drug-likeness (QED) is 0.872. The van der Waals surface area contributed by atoms with Crippen molar-refractivity contribution in [3.63, 3.8) is 0 Å². The molecule has 0 fully saturated rings. The Bertz CT molecular complexity index is 644. The summed E-state index contributed by atoms with van der Waals surface area (Å²) < 4.78 is 18.9. The molecule has 0 radical (unpaired) electrons. The smallest absolute Gasteiger partial charge is 0.188 e. The van der Waals surface area contributed by atoms with Gasteiger partial charge in [-0.25, -0.2) is 4.39 Å². The van der Waals surface area contributed by atoms with Crippen molar-refractivity contribution in [2.24, 2.45) is 0 Å². The highest BCUT2D eigenvalue weighted by atomic mass is 19.1. The van der Waals surface area contributed by atoms with Gasteiger partial charge in [0, 0.05) is 18.2 Å². The van der Waals surface area contributed by atoms with Crippen LogP contribution in [0.2, 0.25) is 0 Å². The zero-order valence-electron chi connectivity index (χ0n) is 11.0. The Balaban J connectivity index is 1.85. The lowest BCUT2D eigenvalue weighted by molar-refractivity contribution is 0.0967. The number of para-hydroxylation sites is 1. The number of carbonyl (C=O) groups is 1. The van der Waals surface area contributed by atoms with Crippen molar-refractivity contribution in [1.82, 2.24) is 0 Å². The molecule has 0 aromatic heterocycles. The van der Waals surface area contributed by atoms with Crippen LogP contribution < -0.4 is 10.1 Å². The van der Waals surface area contributed by atoms with Gasteiger partial charge in [0.05, 0.1) is 18.7 Å². The van der Waals surface area contributed by atoms with Crippen molar-refractivity contribution < 1.29 is 13.9 Å². The van der Waals surface area contributed by atoms with E-state index in [-0.39, 0.29) is 11.3 Å². The first-order valence-corrected chi connectivity index (χ1v) is 6.41. The number of benzene rings is 2. The summed E-state index contributed by atoms with van der Waals surface area (Å²) in [5, 5.41) is 3.14. The first-order chi connectivity index (χ1) is 9.69. The maximum Gasteiger partial charge on any atom is 0.188 e. The van der Waals surface area contributed by atoms with Crippen molar-refractivity contribution in [3.8, 4) is 5.75 Å². The number of nitrogens with one attached hydrogen (secondary N) is 1. The first kappa shape index (κ1) is 12.7. The molecule has 3 nitrogen and oxygen atoms in total. The van der Waals surface area contributed by atoms with Crippen LogP contribution in [0.5, 0.6) is 5.75 Å². The Hall–Kier alpha value is -2.36. The number of ketones is 1. The molecule has 2 aromatic rings. The van der Waals surface area contributed by atoms with Gasteiger partial charge in [0.25, 0.3) is 0 Å². The molecule has 1 aliphatic rings. The lowest BCUT2D eigenvalue weighted by Crippen LogP contribution is -2.27. The molecule has 0 bridgehead atoms. The first-order valence-electron chi connectivity index (χ1n) is 6.41. The standard InChI is InChI=1S/C16H14FNO2/c1-20-11-6-7-12(13(17)9-11)16(19)15-8-10-4-2-3-5-14(10)18-15/h2-7,9,15,18H,8H2,1H3. The van der Waals surface area contributed by atoms with Crippen LogP contribution in [0, 0.1) is 5.82 Å². The van der Waals surface area contributed by atoms with E-state index >= 15 is 0 Å². The Morgan fingerprint density at radius 2 is 2.10 bits per heavy atom. The monoisotopic (exact) mass is 271 g/mol. The SMILES string of the molecule is COc1ccc(C(=O)C2Cc3ccccc3N2)c(F)c1.